The van der Waals surface area contributed by atoms with Crippen LogP contribution in [-0.4, -0.2) is 27.0 Å². The lowest BCUT2D eigenvalue weighted by Gasteiger charge is -2.03. The number of aromatic nitrogens is 3. The van der Waals surface area contributed by atoms with Crippen LogP contribution in [0.4, 0.5) is 5.13 Å². The van der Waals surface area contributed by atoms with Crippen LogP contribution < -0.4 is 10.6 Å². The number of carbonyl (C=O) groups is 2. The van der Waals surface area contributed by atoms with Crippen molar-refractivity contribution in [1.29, 1.82) is 0 Å². The highest BCUT2D eigenvalue weighted by molar-refractivity contribution is 7.23. The molecule has 0 spiro atoms. The minimum absolute atomic E-state index is 0.291. The lowest BCUT2D eigenvalue weighted by molar-refractivity contribution is -0.135. The van der Waals surface area contributed by atoms with Gasteiger partial charge in [0.05, 0.1) is 21.9 Å². The number of nitrogens with one attached hydrogen (secondary N) is 3. The van der Waals surface area contributed by atoms with E-state index < -0.39 is 11.8 Å². The predicted octanol–water partition coefficient (Wildman–Crippen LogP) is 2.48. The number of thiazole rings is 1. The zero-order chi connectivity index (χ0) is 17.1. The fourth-order valence-corrected chi connectivity index (χ4v) is 3.01. The number of hydrogen-bond donors (Lipinski definition) is 3. The van der Waals surface area contributed by atoms with Gasteiger partial charge in [-0.2, -0.15) is 5.10 Å². The molecule has 0 fully saturated rings. The van der Waals surface area contributed by atoms with Gasteiger partial charge in [-0.1, -0.05) is 36.6 Å². The zero-order valence-electron chi connectivity index (χ0n) is 12.5. The molecule has 7 nitrogen and oxygen atoms in total. The Morgan fingerprint density at radius 3 is 2.92 bits per heavy atom. The van der Waals surface area contributed by atoms with Crippen LogP contribution in [0.15, 0.2) is 55.4 Å². The maximum atomic E-state index is 12.0. The normalized spacial score (nSPS) is 11.0. The number of carbonyl (C=O) groups excluding carboxylic acids is 2. The third-order valence-corrected chi connectivity index (χ3v) is 4.13. The van der Waals surface area contributed by atoms with Gasteiger partial charge in [0.25, 0.3) is 0 Å². The molecule has 0 saturated carbocycles. The number of anilines is 1. The predicted molar refractivity (Wildman–Crippen MR) is 94.5 cm³/mol. The lowest BCUT2D eigenvalue weighted by Crippen LogP contribution is -2.34. The fourth-order valence-electron chi connectivity index (χ4n) is 2.04. The number of benzene rings is 1. The molecule has 0 saturated heterocycles. The molecule has 0 aliphatic carbocycles. The van der Waals surface area contributed by atoms with Crippen LogP contribution in [0.1, 0.15) is 0 Å². The van der Waals surface area contributed by atoms with Crippen molar-refractivity contribution in [2.75, 3.05) is 5.32 Å². The van der Waals surface area contributed by atoms with Gasteiger partial charge in [-0.25, -0.2) is 4.98 Å². The number of fused-ring (bicyclic) bond motifs is 3. The Kier molecular flexibility index (Phi) is 4.21. The number of nitrogens with zero attached hydrogens (tertiary/aromatic N) is 2. The Balaban J connectivity index is 1.75. The van der Waals surface area contributed by atoms with Gasteiger partial charge in [0.15, 0.2) is 5.13 Å². The first-order chi connectivity index (χ1) is 11.6. The van der Waals surface area contributed by atoms with Gasteiger partial charge in [0.1, 0.15) is 0 Å². The van der Waals surface area contributed by atoms with Gasteiger partial charge >= 0.3 is 11.8 Å². The van der Waals surface area contributed by atoms with Gasteiger partial charge in [0.2, 0.25) is 0 Å². The highest BCUT2D eigenvalue weighted by atomic mass is 32.1. The molecule has 0 atom stereocenters. The third-order valence-electron chi connectivity index (χ3n) is 3.11. The van der Waals surface area contributed by atoms with E-state index in [2.05, 4.69) is 39.0 Å². The Bertz CT molecular complexity index is 998. The lowest BCUT2D eigenvalue weighted by atomic mass is 10.2. The molecule has 24 heavy (non-hydrogen) atoms. The quantitative estimate of drug-likeness (QED) is 0.502. The molecule has 0 bridgehead atoms. The van der Waals surface area contributed by atoms with Gasteiger partial charge in [-0.3, -0.25) is 20.0 Å². The first-order valence-electron chi connectivity index (χ1n) is 6.91. The topological polar surface area (TPSA) is 99.8 Å². The van der Waals surface area contributed by atoms with E-state index in [4.69, 9.17) is 0 Å². The third kappa shape index (κ3) is 3.08. The van der Waals surface area contributed by atoms with E-state index in [9.17, 15) is 9.59 Å². The zero-order valence-corrected chi connectivity index (χ0v) is 13.3. The van der Waals surface area contributed by atoms with Gasteiger partial charge in [-0.05, 0) is 18.2 Å². The number of H-pyrrole nitrogens is 1. The summed E-state index contributed by atoms with van der Waals surface area (Å²) in [6.45, 7) is 7.12. The summed E-state index contributed by atoms with van der Waals surface area (Å²) in [7, 11) is 0. The molecule has 2 aromatic heterocycles. The smallest absolute Gasteiger partial charge is 0.315 e. The van der Waals surface area contributed by atoms with E-state index in [-0.39, 0.29) is 0 Å². The van der Waals surface area contributed by atoms with Crippen LogP contribution in [0.2, 0.25) is 0 Å². The average Bonchev–Trinajstić information content (AvgIpc) is 3.17. The van der Waals surface area contributed by atoms with Crippen molar-refractivity contribution in [3.8, 4) is 0 Å². The Morgan fingerprint density at radius 1 is 1.29 bits per heavy atom. The Hall–Kier alpha value is -3.26. The molecular weight excluding hydrogens is 326 g/mol. The van der Waals surface area contributed by atoms with E-state index in [1.807, 2.05) is 12.1 Å². The van der Waals surface area contributed by atoms with E-state index in [0.29, 0.717) is 10.8 Å². The maximum Gasteiger partial charge on any atom is 0.315 e. The Labute approximate surface area is 140 Å². The molecule has 3 rings (SSSR count). The summed E-state index contributed by atoms with van der Waals surface area (Å²) < 4.78 is 0.885. The molecule has 2 amide bonds. The largest absolute Gasteiger partial charge is 0.318 e. The number of allylic oxidation sites excluding steroid dienone is 3. The van der Waals surface area contributed by atoms with Crippen LogP contribution in [0, 0.1) is 0 Å². The van der Waals surface area contributed by atoms with Crippen molar-refractivity contribution >= 4 is 49.4 Å². The summed E-state index contributed by atoms with van der Waals surface area (Å²) in [6.07, 6.45) is 6.37. The highest BCUT2D eigenvalue weighted by Crippen LogP contribution is 2.31. The highest BCUT2D eigenvalue weighted by Gasteiger charge is 2.17. The standard InChI is InChI=1S/C16H13N5O2S/c1-3-4-5-9(2)18-14(22)15(23)20-16-19-12-7-6-11-10(8-17-21-11)13(12)24-16/h3-8H,1-2H2,(H,17,21)(H,18,22)(H,19,20,23)/b5-4-. The average molecular weight is 339 g/mol. The van der Waals surface area contributed by atoms with Gasteiger partial charge in [0, 0.05) is 11.1 Å². The monoisotopic (exact) mass is 339 g/mol. The SMILES string of the molecule is C=C/C=C\C(=C)NC(=O)C(=O)Nc1nc2ccc3[nH]ncc3c2s1. The minimum atomic E-state index is -0.818. The molecule has 0 unspecified atom stereocenters. The molecule has 0 radical (unpaired) electrons. The van der Waals surface area contributed by atoms with Gasteiger partial charge in [-0.15, -0.1) is 0 Å². The second-order valence-corrected chi connectivity index (χ2v) is 5.79. The summed E-state index contributed by atoms with van der Waals surface area (Å²) in [5.41, 5.74) is 1.90. The number of amides is 2. The van der Waals surface area contributed by atoms with E-state index in [0.717, 1.165) is 21.1 Å². The van der Waals surface area contributed by atoms with Crippen molar-refractivity contribution < 1.29 is 9.59 Å². The summed E-state index contributed by atoms with van der Waals surface area (Å²) >= 11 is 1.28. The summed E-state index contributed by atoms with van der Waals surface area (Å²) in [4.78, 5) is 28.1. The summed E-state index contributed by atoms with van der Waals surface area (Å²) in [5, 5.41) is 13.0. The Morgan fingerprint density at radius 2 is 2.12 bits per heavy atom. The summed E-state index contributed by atoms with van der Waals surface area (Å²) in [6, 6.07) is 3.68. The molecule has 3 aromatic rings. The van der Waals surface area contributed by atoms with E-state index >= 15 is 0 Å². The molecule has 8 heteroatoms. The van der Waals surface area contributed by atoms with Crippen LogP contribution in [-0.2, 0) is 9.59 Å². The second kappa shape index (κ2) is 6.47. The van der Waals surface area contributed by atoms with Gasteiger partial charge < -0.3 is 5.32 Å². The number of hydrogen-bond acceptors (Lipinski definition) is 5. The molecule has 3 N–H and O–H groups in total. The fraction of sp³-hybridized carbons (Fsp3) is 0. The maximum absolute atomic E-state index is 12.0. The summed E-state index contributed by atoms with van der Waals surface area (Å²) in [5.74, 6) is -1.63. The van der Waals surface area contributed by atoms with Crippen molar-refractivity contribution in [1.82, 2.24) is 20.5 Å². The molecule has 1 aromatic carbocycles. The number of rotatable bonds is 4. The second-order valence-electron chi connectivity index (χ2n) is 4.79. The molecule has 0 aliphatic heterocycles. The van der Waals surface area contributed by atoms with Crippen molar-refractivity contribution in [2.45, 2.75) is 0 Å². The van der Waals surface area contributed by atoms with Crippen molar-refractivity contribution in [3.05, 3.63) is 55.4 Å². The van der Waals surface area contributed by atoms with Crippen LogP contribution in [0.5, 0.6) is 0 Å². The van der Waals surface area contributed by atoms with Crippen LogP contribution >= 0.6 is 11.3 Å². The number of aromatic amines is 1. The van der Waals surface area contributed by atoms with Crippen molar-refractivity contribution in [2.24, 2.45) is 0 Å². The van der Waals surface area contributed by atoms with Crippen molar-refractivity contribution in [3.63, 3.8) is 0 Å². The molecule has 120 valence electrons. The first-order valence-corrected chi connectivity index (χ1v) is 7.73. The minimum Gasteiger partial charge on any atom is -0.318 e. The van der Waals surface area contributed by atoms with Crippen LogP contribution in [0.25, 0.3) is 21.1 Å². The molecule has 2 heterocycles. The molecular formula is C16H13N5O2S. The first kappa shape index (κ1) is 15.6. The molecule has 0 aliphatic rings. The van der Waals surface area contributed by atoms with Crippen LogP contribution in [0.3, 0.4) is 0 Å². The van der Waals surface area contributed by atoms with E-state index in [1.165, 1.54) is 23.5 Å². The van der Waals surface area contributed by atoms with E-state index in [1.54, 1.807) is 12.3 Å².